The van der Waals surface area contributed by atoms with Crippen LogP contribution < -0.4 is 10.0 Å². The Balaban J connectivity index is 2.62. The minimum Gasteiger partial charge on any atom is -0.305 e. The molecule has 1 aromatic carbocycles. The van der Waals surface area contributed by atoms with E-state index < -0.39 is 15.9 Å². The summed E-state index contributed by atoms with van der Waals surface area (Å²) in [6.45, 7) is 3.84. The zero-order valence-electron chi connectivity index (χ0n) is 9.22. The molecule has 17 heavy (non-hydrogen) atoms. The van der Waals surface area contributed by atoms with Crippen molar-refractivity contribution >= 4 is 15.9 Å². The number of rotatable bonds is 6. The van der Waals surface area contributed by atoms with Crippen LogP contribution in [0, 0.1) is 0 Å². The molecular weight excluding hydrogens is 240 g/mol. The SMILES string of the molecule is C=CCNCC(=O)NS(=O)(=O)c1ccccc1. The number of sulfonamides is 1. The first-order chi connectivity index (χ1) is 8.06. The number of hydrogen-bond donors (Lipinski definition) is 2. The van der Waals surface area contributed by atoms with Gasteiger partial charge in [-0.3, -0.25) is 4.79 Å². The predicted octanol–water partition coefficient (Wildman–Crippen LogP) is 0.267. The standard InChI is InChI=1S/C11H14N2O3S/c1-2-8-12-9-11(14)13-17(15,16)10-6-4-3-5-7-10/h2-7,12H,1,8-9H2,(H,13,14). The van der Waals surface area contributed by atoms with Gasteiger partial charge in [0.2, 0.25) is 5.91 Å². The predicted molar refractivity (Wildman–Crippen MR) is 64.8 cm³/mol. The molecule has 5 nitrogen and oxygen atoms in total. The highest BCUT2D eigenvalue weighted by Gasteiger charge is 2.16. The maximum atomic E-state index is 11.7. The van der Waals surface area contributed by atoms with E-state index in [0.717, 1.165) is 0 Å². The molecule has 0 aromatic heterocycles. The Morgan fingerprint density at radius 1 is 1.29 bits per heavy atom. The van der Waals surface area contributed by atoms with Crippen molar-refractivity contribution < 1.29 is 13.2 Å². The fourth-order valence-electron chi connectivity index (χ4n) is 1.13. The van der Waals surface area contributed by atoms with Crippen molar-refractivity contribution in [2.24, 2.45) is 0 Å². The highest BCUT2D eigenvalue weighted by Crippen LogP contribution is 2.06. The van der Waals surface area contributed by atoms with Crippen molar-refractivity contribution in [2.45, 2.75) is 4.90 Å². The minimum absolute atomic E-state index is 0.0667. The van der Waals surface area contributed by atoms with Crippen LogP contribution in [0.1, 0.15) is 0 Å². The van der Waals surface area contributed by atoms with Gasteiger partial charge in [-0.15, -0.1) is 6.58 Å². The highest BCUT2D eigenvalue weighted by atomic mass is 32.2. The molecule has 1 rings (SSSR count). The molecular formula is C11H14N2O3S. The van der Waals surface area contributed by atoms with E-state index >= 15 is 0 Å². The van der Waals surface area contributed by atoms with Gasteiger partial charge in [0.1, 0.15) is 0 Å². The Bertz CT molecular complexity index is 483. The minimum atomic E-state index is -3.76. The first-order valence-electron chi connectivity index (χ1n) is 4.98. The van der Waals surface area contributed by atoms with Crippen molar-refractivity contribution in [2.75, 3.05) is 13.1 Å². The normalized spacial score (nSPS) is 10.8. The first-order valence-corrected chi connectivity index (χ1v) is 6.47. The Morgan fingerprint density at radius 3 is 2.53 bits per heavy atom. The molecule has 0 aliphatic rings. The van der Waals surface area contributed by atoms with Crippen LogP contribution in [0.5, 0.6) is 0 Å². The van der Waals surface area contributed by atoms with Gasteiger partial charge in [0.15, 0.2) is 0 Å². The van der Waals surface area contributed by atoms with Gasteiger partial charge in [-0.2, -0.15) is 0 Å². The van der Waals surface area contributed by atoms with Crippen LogP contribution in [0.2, 0.25) is 0 Å². The summed E-state index contributed by atoms with van der Waals surface area (Å²) < 4.78 is 25.4. The highest BCUT2D eigenvalue weighted by molar-refractivity contribution is 7.90. The lowest BCUT2D eigenvalue weighted by Gasteiger charge is -2.06. The number of carbonyl (C=O) groups excluding carboxylic acids is 1. The van der Waals surface area contributed by atoms with E-state index in [2.05, 4.69) is 11.9 Å². The molecule has 0 aliphatic carbocycles. The molecule has 0 saturated heterocycles. The molecule has 0 radical (unpaired) electrons. The van der Waals surface area contributed by atoms with Gasteiger partial charge in [-0.25, -0.2) is 13.1 Å². The molecule has 1 aromatic rings. The lowest BCUT2D eigenvalue weighted by molar-refractivity contribution is -0.118. The summed E-state index contributed by atoms with van der Waals surface area (Å²) in [5.74, 6) is -0.601. The van der Waals surface area contributed by atoms with Crippen LogP contribution in [-0.4, -0.2) is 27.4 Å². The maximum absolute atomic E-state index is 11.7. The zero-order chi connectivity index (χ0) is 12.7. The quantitative estimate of drug-likeness (QED) is 0.564. The number of hydrogen-bond acceptors (Lipinski definition) is 4. The van der Waals surface area contributed by atoms with Crippen molar-refractivity contribution in [3.05, 3.63) is 43.0 Å². The lowest BCUT2D eigenvalue weighted by Crippen LogP contribution is -2.37. The van der Waals surface area contributed by atoms with Gasteiger partial charge >= 0.3 is 0 Å². The second kappa shape index (κ2) is 6.17. The molecule has 0 spiro atoms. The van der Waals surface area contributed by atoms with Gasteiger partial charge in [-0.05, 0) is 12.1 Å². The van der Waals surface area contributed by atoms with Crippen LogP contribution >= 0.6 is 0 Å². The third kappa shape index (κ3) is 4.38. The molecule has 0 bridgehead atoms. The third-order valence-electron chi connectivity index (χ3n) is 1.88. The molecule has 0 unspecified atom stereocenters. The molecule has 2 N–H and O–H groups in total. The lowest BCUT2D eigenvalue weighted by atomic mass is 10.4. The van der Waals surface area contributed by atoms with Crippen molar-refractivity contribution in [3.8, 4) is 0 Å². The number of amides is 1. The van der Waals surface area contributed by atoms with Gasteiger partial charge in [0, 0.05) is 6.54 Å². The van der Waals surface area contributed by atoms with Gasteiger partial charge in [0.05, 0.1) is 11.4 Å². The number of benzene rings is 1. The summed E-state index contributed by atoms with van der Waals surface area (Å²) in [6, 6.07) is 7.73. The van der Waals surface area contributed by atoms with Crippen molar-refractivity contribution in [1.82, 2.24) is 10.0 Å². The summed E-state index contributed by atoms with van der Waals surface area (Å²) in [4.78, 5) is 11.4. The number of carbonyl (C=O) groups is 1. The van der Waals surface area contributed by atoms with E-state index in [9.17, 15) is 13.2 Å². The van der Waals surface area contributed by atoms with Crippen LogP contribution in [0.3, 0.4) is 0 Å². The summed E-state index contributed by atoms with van der Waals surface area (Å²) in [5, 5.41) is 2.71. The average molecular weight is 254 g/mol. The molecule has 0 heterocycles. The Labute approximate surface area is 101 Å². The first kappa shape index (κ1) is 13.4. The van der Waals surface area contributed by atoms with Crippen molar-refractivity contribution in [1.29, 1.82) is 0 Å². The summed E-state index contributed by atoms with van der Waals surface area (Å²) in [7, 11) is -3.76. The Morgan fingerprint density at radius 2 is 1.94 bits per heavy atom. The van der Waals surface area contributed by atoms with Crippen molar-refractivity contribution in [3.63, 3.8) is 0 Å². The van der Waals surface area contributed by atoms with Gasteiger partial charge in [0.25, 0.3) is 10.0 Å². The van der Waals surface area contributed by atoms with E-state index in [1.165, 1.54) is 12.1 Å². The average Bonchev–Trinajstić information content (AvgIpc) is 2.30. The molecule has 0 atom stereocenters. The molecule has 6 heteroatoms. The second-order valence-corrected chi connectivity index (χ2v) is 4.94. The third-order valence-corrected chi connectivity index (χ3v) is 3.27. The molecule has 1 amide bonds. The summed E-state index contributed by atoms with van der Waals surface area (Å²) in [6.07, 6.45) is 1.58. The molecule has 0 saturated carbocycles. The molecule has 0 aliphatic heterocycles. The molecule has 0 fully saturated rings. The van der Waals surface area contributed by atoms with E-state index in [0.29, 0.717) is 6.54 Å². The Kier molecular flexibility index (Phi) is 4.86. The summed E-state index contributed by atoms with van der Waals surface area (Å²) in [5.41, 5.74) is 0. The maximum Gasteiger partial charge on any atom is 0.264 e. The van der Waals surface area contributed by atoms with E-state index in [-0.39, 0.29) is 11.4 Å². The Hall–Kier alpha value is -1.66. The second-order valence-electron chi connectivity index (χ2n) is 3.26. The zero-order valence-corrected chi connectivity index (χ0v) is 10.0. The van der Waals surface area contributed by atoms with E-state index in [1.54, 1.807) is 24.3 Å². The van der Waals surface area contributed by atoms with Crippen LogP contribution in [0.4, 0.5) is 0 Å². The fraction of sp³-hybridized carbons (Fsp3) is 0.182. The molecule has 92 valence electrons. The van der Waals surface area contributed by atoms with Gasteiger partial charge < -0.3 is 5.32 Å². The number of nitrogens with one attached hydrogen (secondary N) is 2. The largest absolute Gasteiger partial charge is 0.305 e. The summed E-state index contributed by atoms with van der Waals surface area (Å²) >= 11 is 0. The van der Waals surface area contributed by atoms with E-state index in [1.807, 2.05) is 4.72 Å². The van der Waals surface area contributed by atoms with Crippen LogP contribution in [-0.2, 0) is 14.8 Å². The van der Waals surface area contributed by atoms with Crippen LogP contribution in [0.15, 0.2) is 47.9 Å². The smallest absolute Gasteiger partial charge is 0.264 e. The van der Waals surface area contributed by atoms with Gasteiger partial charge in [-0.1, -0.05) is 24.3 Å². The monoisotopic (exact) mass is 254 g/mol. The topological polar surface area (TPSA) is 75.3 Å². The van der Waals surface area contributed by atoms with E-state index in [4.69, 9.17) is 0 Å². The fourth-order valence-corrected chi connectivity index (χ4v) is 2.14. The van der Waals surface area contributed by atoms with Crippen LogP contribution in [0.25, 0.3) is 0 Å².